The zero-order valence-electron chi connectivity index (χ0n) is 16.8. The summed E-state index contributed by atoms with van der Waals surface area (Å²) in [5.74, 6) is 1.71. The second-order valence-electron chi connectivity index (χ2n) is 8.28. The number of carbonyl (C=O) groups is 1. The van der Waals surface area contributed by atoms with Crippen LogP contribution in [0.4, 0.5) is 0 Å². The molecule has 1 atom stereocenters. The van der Waals surface area contributed by atoms with Gasteiger partial charge >= 0.3 is 0 Å². The van der Waals surface area contributed by atoms with Crippen LogP contribution in [-0.2, 0) is 6.54 Å². The van der Waals surface area contributed by atoms with Gasteiger partial charge in [-0.15, -0.1) is 0 Å². The van der Waals surface area contributed by atoms with Crippen LogP contribution in [0.5, 0.6) is 5.75 Å². The molecule has 27 heavy (non-hydrogen) atoms. The molecule has 1 aromatic carbocycles. The highest BCUT2D eigenvalue weighted by atomic mass is 16.5. The first kappa shape index (κ1) is 18.4. The molecule has 0 bridgehead atoms. The smallest absolute Gasteiger partial charge is 0.256 e. The van der Waals surface area contributed by atoms with E-state index in [2.05, 4.69) is 35.7 Å². The monoisotopic (exact) mass is 369 g/mol. The highest BCUT2D eigenvalue weighted by Crippen LogP contribution is 2.34. The van der Waals surface area contributed by atoms with Crippen molar-refractivity contribution in [3.63, 3.8) is 0 Å². The summed E-state index contributed by atoms with van der Waals surface area (Å²) in [4.78, 5) is 17.7. The number of nitrogens with zero attached hydrogens (tertiary/aromatic N) is 3. The van der Waals surface area contributed by atoms with Gasteiger partial charge in [-0.3, -0.25) is 4.79 Å². The van der Waals surface area contributed by atoms with Gasteiger partial charge in [-0.05, 0) is 38.8 Å². The maximum absolute atomic E-state index is 13.4. The van der Waals surface area contributed by atoms with Crippen molar-refractivity contribution in [2.75, 3.05) is 33.8 Å². The molecule has 2 fully saturated rings. The Kier molecular flexibility index (Phi) is 5.13. The second-order valence-corrected chi connectivity index (χ2v) is 8.28. The van der Waals surface area contributed by atoms with Crippen molar-refractivity contribution in [3.05, 3.63) is 30.0 Å². The summed E-state index contributed by atoms with van der Waals surface area (Å²) in [7, 11) is 3.84. The lowest BCUT2D eigenvalue weighted by atomic mass is 10.1. The number of fused-ring (bicyclic) bond motifs is 1. The van der Waals surface area contributed by atoms with Crippen molar-refractivity contribution < 1.29 is 9.53 Å². The molecule has 1 saturated heterocycles. The summed E-state index contributed by atoms with van der Waals surface area (Å²) in [6.07, 6.45) is 7.30. The maximum atomic E-state index is 13.4. The van der Waals surface area contributed by atoms with Crippen LogP contribution in [0.25, 0.3) is 10.9 Å². The lowest BCUT2D eigenvalue weighted by Gasteiger charge is -2.37. The summed E-state index contributed by atoms with van der Waals surface area (Å²) in [6.45, 7) is 5.67. The van der Waals surface area contributed by atoms with Gasteiger partial charge in [-0.25, -0.2) is 0 Å². The topological polar surface area (TPSA) is 37.7 Å². The Morgan fingerprint density at radius 2 is 2.00 bits per heavy atom. The summed E-state index contributed by atoms with van der Waals surface area (Å²) < 4.78 is 7.92. The molecule has 0 N–H and O–H groups in total. The van der Waals surface area contributed by atoms with E-state index in [1.165, 1.54) is 25.7 Å². The van der Waals surface area contributed by atoms with Gasteiger partial charge in [0, 0.05) is 43.8 Å². The highest BCUT2D eigenvalue weighted by Gasteiger charge is 2.28. The molecule has 2 aromatic rings. The number of carbonyl (C=O) groups excluding carboxylic acids is 1. The van der Waals surface area contributed by atoms with Crippen LogP contribution in [-0.4, -0.2) is 60.1 Å². The van der Waals surface area contributed by atoms with E-state index in [0.717, 1.165) is 48.4 Å². The fourth-order valence-corrected chi connectivity index (χ4v) is 4.68. The molecule has 1 saturated carbocycles. The molecule has 2 heterocycles. The number of methoxy groups -OCH3 is 1. The van der Waals surface area contributed by atoms with Gasteiger partial charge in [-0.1, -0.05) is 25.0 Å². The minimum absolute atomic E-state index is 0.151. The minimum atomic E-state index is 0.151. The molecule has 1 aliphatic heterocycles. The number of ether oxygens (including phenoxy) is 1. The predicted octanol–water partition coefficient (Wildman–Crippen LogP) is 3.62. The quantitative estimate of drug-likeness (QED) is 0.826. The Labute approximate surface area is 161 Å². The average Bonchev–Trinajstić information content (AvgIpc) is 3.32. The van der Waals surface area contributed by atoms with Crippen LogP contribution in [0.15, 0.2) is 24.4 Å². The van der Waals surface area contributed by atoms with Crippen molar-refractivity contribution in [2.24, 2.45) is 5.92 Å². The Morgan fingerprint density at radius 3 is 2.70 bits per heavy atom. The third kappa shape index (κ3) is 3.45. The van der Waals surface area contributed by atoms with Crippen LogP contribution >= 0.6 is 0 Å². The molecule has 2 aliphatic rings. The molecule has 5 nitrogen and oxygen atoms in total. The molecule has 146 valence electrons. The number of benzene rings is 1. The molecular weight excluding hydrogens is 338 g/mol. The van der Waals surface area contributed by atoms with Gasteiger partial charge in [0.1, 0.15) is 5.75 Å². The number of amides is 1. The van der Waals surface area contributed by atoms with Crippen molar-refractivity contribution in [1.82, 2.24) is 14.4 Å². The number of piperazine rings is 1. The summed E-state index contributed by atoms with van der Waals surface area (Å²) in [6, 6.07) is 6.45. The molecule has 0 unspecified atom stereocenters. The SMILES string of the molecule is COc1cccc2c(C(=O)N3CCN(C)[C@@H](C)C3)cn(CC3CCCC3)c12. The van der Waals surface area contributed by atoms with Gasteiger partial charge in [0.25, 0.3) is 5.91 Å². The lowest BCUT2D eigenvalue weighted by Crippen LogP contribution is -2.52. The number of rotatable bonds is 4. The fraction of sp³-hybridized carbons (Fsp3) is 0.591. The van der Waals surface area contributed by atoms with Crippen molar-refractivity contribution in [3.8, 4) is 5.75 Å². The zero-order chi connectivity index (χ0) is 19.0. The number of hydrogen-bond donors (Lipinski definition) is 0. The van der Waals surface area contributed by atoms with E-state index in [1.54, 1.807) is 7.11 Å². The number of likely N-dealkylation sites (N-methyl/N-ethyl adjacent to an activating group) is 1. The van der Waals surface area contributed by atoms with E-state index in [4.69, 9.17) is 4.74 Å². The normalized spacial score (nSPS) is 21.9. The molecule has 0 spiro atoms. The first-order chi connectivity index (χ1) is 13.1. The Morgan fingerprint density at radius 1 is 1.22 bits per heavy atom. The second kappa shape index (κ2) is 7.55. The zero-order valence-corrected chi connectivity index (χ0v) is 16.8. The summed E-state index contributed by atoms with van der Waals surface area (Å²) >= 11 is 0. The highest BCUT2D eigenvalue weighted by molar-refractivity contribution is 6.08. The van der Waals surface area contributed by atoms with E-state index >= 15 is 0 Å². The predicted molar refractivity (Wildman–Crippen MR) is 108 cm³/mol. The molecule has 1 amide bonds. The Hall–Kier alpha value is -2.01. The summed E-state index contributed by atoms with van der Waals surface area (Å²) in [5, 5.41) is 1.02. The fourth-order valence-electron chi connectivity index (χ4n) is 4.68. The van der Waals surface area contributed by atoms with Gasteiger partial charge in [0.15, 0.2) is 0 Å². The van der Waals surface area contributed by atoms with Gasteiger partial charge in [0.2, 0.25) is 0 Å². The van der Waals surface area contributed by atoms with Crippen LogP contribution in [0, 0.1) is 5.92 Å². The van der Waals surface area contributed by atoms with E-state index in [9.17, 15) is 4.79 Å². The molecule has 5 heteroatoms. The first-order valence-electron chi connectivity index (χ1n) is 10.2. The molecule has 1 aromatic heterocycles. The van der Waals surface area contributed by atoms with Gasteiger partial charge in [0.05, 0.1) is 18.2 Å². The van der Waals surface area contributed by atoms with E-state index < -0.39 is 0 Å². The van der Waals surface area contributed by atoms with Crippen LogP contribution < -0.4 is 4.74 Å². The average molecular weight is 370 g/mol. The van der Waals surface area contributed by atoms with E-state index in [1.807, 2.05) is 17.0 Å². The van der Waals surface area contributed by atoms with Crippen molar-refractivity contribution >= 4 is 16.8 Å². The molecular formula is C22H31N3O2. The number of hydrogen-bond acceptors (Lipinski definition) is 3. The Bertz CT molecular complexity index is 822. The third-order valence-corrected chi connectivity index (χ3v) is 6.49. The van der Waals surface area contributed by atoms with E-state index in [-0.39, 0.29) is 5.91 Å². The largest absolute Gasteiger partial charge is 0.495 e. The first-order valence-corrected chi connectivity index (χ1v) is 10.2. The molecule has 4 rings (SSSR count). The molecule has 1 aliphatic carbocycles. The van der Waals surface area contributed by atoms with Gasteiger partial charge < -0.3 is 19.1 Å². The standard InChI is InChI=1S/C22H31N3O2/c1-16-13-24(12-11-23(16)2)22(26)19-15-25(14-17-7-4-5-8-17)21-18(19)9-6-10-20(21)27-3/h6,9-10,15-17H,4-5,7-8,11-14H2,1-3H3/t16-/m0/s1. The number of para-hydroxylation sites is 1. The summed E-state index contributed by atoms with van der Waals surface area (Å²) in [5.41, 5.74) is 1.89. The van der Waals surface area contributed by atoms with Crippen molar-refractivity contribution in [2.45, 2.75) is 45.2 Å². The van der Waals surface area contributed by atoms with Crippen LogP contribution in [0.3, 0.4) is 0 Å². The lowest BCUT2D eigenvalue weighted by molar-refractivity contribution is 0.0574. The molecule has 0 radical (unpaired) electrons. The van der Waals surface area contributed by atoms with Crippen LogP contribution in [0.1, 0.15) is 43.0 Å². The van der Waals surface area contributed by atoms with Gasteiger partial charge in [-0.2, -0.15) is 0 Å². The third-order valence-electron chi connectivity index (χ3n) is 6.49. The van der Waals surface area contributed by atoms with Crippen LogP contribution in [0.2, 0.25) is 0 Å². The number of aromatic nitrogens is 1. The van der Waals surface area contributed by atoms with E-state index in [0.29, 0.717) is 12.0 Å². The Balaban J connectivity index is 1.70. The minimum Gasteiger partial charge on any atom is -0.495 e. The maximum Gasteiger partial charge on any atom is 0.256 e. The van der Waals surface area contributed by atoms with Crippen molar-refractivity contribution in [1.29, 1.82) is 0 Å².